The van der Waals surface area contributed by atoms with Gasteiger partial charge in [0.05, 0.1) is 11.9 Å². The van der Waals surface area contributed by atoms with Crippen molar-refractivity contribution < 1.29 is 17.9 Å². The maximum Gasteiger partial charge on any atom is 0.260 e. The van der Waals surface area contributed by atoms with Crippen molar-refractivity contribution in [2.45, 2.75) is 45.8 Å². The third-order valence-electron chi connectivity index (χ3n) is 3.49. The molecule has 1 aromatic carbocycles. The van der Waals surface area contributed by atoms with Crippen LogP contribution >= 0.6 is 0 Å². The summed E-state index contributed by atoms with van der Waals surface area (Å²) >= 11 is 0. The van der Waals surface area contributed by atoms with Crippen molar-refractivity contribution in [2.24, 2.45) is 0 Å². The summed E-state index contributed by atoms with van der Waals surface area (Å²) in [5, 5.41) is 2.90. The smallest absolute Gasteiger partial charge is 0.260 e. The molecule has 0 heterocycles. The minimum atomic E-state index is -3.30. The number of nitrogens with zero attached hydrogens (tertiary/aromatic N) is 1. The summed E-state index contributed by atoms with van der Waals surface area (Å²) < 4.78 is 29.7. The lowest BCUT2D eigenvalue weighted by atomic mass is 10.2. The zero-order chi connectivity index (χ0) is 17.6. The zero-order valence-corrected chi connectivity index (χ0v) is 15.2. The first-order valence-corrected chi connectivity index (χ1v) is 9.51. The average Bonchev–Trinajstić information content (AvgIpc) is 2.46. The van der Waals surface area contributed by atoms with Crippen molar-refractivity contribution in [1.29, 1.82) is 0 Å². The second-order valence-electron chi connectivity index (χ2n) is 5.68. The molecule has 0 saturated carbocycles. The van der Waals surface area contributed by atoms with Crippen LogP contribution in [0.2, 0.25) is 0 Å². The Morgan fingerprint density at radius 2 is 1.83 bits per heavy atom. The van der Waals surface area contributed by atoms with E-state index in [-0.39, 0.29) is 11.9 Å². The Balaban J connectivity index is 2.66. The standard InChI is InChI=1S/C16H26N2O4S/c1-6-7-12(2)17-16(19)13(3)22-15-10-8-14(9-11-15)18(4)23(5,20)21/h8-13H,6-7H2,1-5H3,(H,17,19). The van der Waals surface area contributed by atoms with E-state index in [1.807, 2.05) is 6.92 Å². The number of rotatable bonds is 8. The average molecular weight is 342 g/mol. The molecular formula is C16H26N2O4S. The summed E-state index contributed by atoms with van der Waals surface area (Å²) in [7, 11) is -1.81. The molecule has 0 fully saturated rings. The van der Waals surface area contributed by atoms with Crippen LogP contribution in [0.5, 0.6) is 5.75 Å². The Labute approximate surface area is 138 Å². The van der Waals surface area contributed by atoms with Gasteiger partial charge in [-0.1, -0.05) is 13.3 Å². The van der Waals surface area contributed by atoms with Crippen LogP contribution in [0, 0.1) is 0 Å². The van der Waals surface area contributed by atoms with Crippen LogP contribution in [0.25, 0.3) is 0 Å². The lowest BCUT2D eigenvalue weighted by Crippen LogP contribution is -2.41. The van der Waals surface area contributed by atoms with Gasteiger partial charge in [0.25, 0.3) is 5.91 Å². The van der Waals surface area contributed by atoms with Gasteiger partial charge in [0.15, 0.2) is 6.10 Å². The number of carbonyl (C=O) groups excluding carboxylic acids is 1. The van der Waals surface area contributed by atoms with Crippen LogP contribution in [0.1, 0.15) is 33.6 Å². The lowest BCUT2D eigenvalue weighted by molar-refractivity contribution is -0.127. The Morgan fingerprint density at radius 1 is 1.26 bits per heavy atom. The fourth-order valence-corrected chi connectivity index (χ4v) is 2.55. The molecule has 2 atom stereocenters. The number of benzene rings is 1. The number of amides is 1. The molecule has 130 valence electrons. The molecule has 1 rings (SSSR count). The van der Waals surface area contributed by atoms with E-state index in [0.29, 0.717) is 11.4 Å². The highest BCUT2D eigenvalue weighted by atomic mass is 32.2. The molecule has 23 heavy (non-hydrogen) atoms. The predicted octanol–water partition coefficient (Wildman–Crippen LogP) is 2.15. The van der Waals surface area contributed by atoms with Gasteiger partial charge < -0.3 is 10.1 Å². The molecule has 1 aromatic rings. The van der Waals surface area contributed by atoms with Gasteiger partial charge in [-0.2, -0.15) is 0 Å². The lowest BCUT2D eigenvalue weighted by Gasteiger charge is -2.19. The topological polar surface area (TPSA) is 75.7 Å². The number of ether oxygens (including phenoxy) is 1. The molecule has 7 heteroatoms. The van der Waals surface area contributed by atoms with Crippen LogP contribution in [-0.2, 0) is 14.8 Å². The third-order valence-corrected chi connectivity index (χ3v) is 4.70. The molecule has 2 unspecified atom stereocenters. The molecule has 0 aliphatic heterocycles. The molecular weight excluding hydrogens is 316 g/mol. The van der Waals surface area contributed by atoms with Crippen LogP contribution in [-0.4, -0.2) is 39.8 Å². The van der Waals surface area contributed by atoms with Gasteiger partial charge in [-0.15, -0.1) is 0 Å². The maximum atomic E-state index is 12.0. The van der Waals surface area contributed by atoms with Gasteiger partial charge in [0, 0.05) is 13.1 Å². The van der Waals surface area contributed by atoms with E-state index < -0.39 is 16.1 Å². The highest BCUT2D eigenvalue weighted by molar-refractivity contribution is 7.92. The second-order valence-corrected chi connectivity index (χ2v) is 7.70. The first-order valence-electron chi connectivity index (χ1n) is 7.66. The SMILES string of the molecule is CCCC(C)NC(=O)C(C)Oc1ccc(N(C)S(C)(=O)=O)cc1. The molecule has 0 spiro atoms. The monoisotopic (exact) mass is 342 g/mol. The Hall–Kier alpha value is -1.76. The van der Waals surface area contributed by atoms with Gasteiger partial charge in [-0.05, 0) is 44.5 Å². The number of carbonyl (C=O) groups is 1. The highest BCUT2D eigenvalue weighted by Gasteiger charge is 2.17. The molecule has 0 aliphatic carbocycles. The predicted molar refractivity (Wildman–Crippen MR) is 92.3 cm³/mol. The molecule has 1 amide bonds. The number of nitrogens with one attached hydrogen (secondary N) is 1. The van der Waals surface area contributed by atoms with E-state index in [1.165, 1.54) is 11.4 Å². The zero-order valence-electron chi connectivity index (χ0n) is 14.4. The highest BCUT2D eigenvalue weighted by Crippen LogP contribution is 2.21. The van der Waals surface area contributed by atoms with Gasteiger partial charge in [0.1, 0.15) is 5.75 Å². The summed E-state index contributed by atoms with van der Waals surface area (Å²) in [5.41, 5.74) is 0.536. The Morgan fingerprint density at radius 3 is 2.30 bits per heavy atom. The minimum absolute atomic E-state index is 0.115. The van der Waals surface area contributed by atoms with Crippen molar-refractivity contribution in [3.05, 3.63) is 24.3 Å². The maximum absolute atomic E-state index is 12.0. The molecule has 6 nitrogen and oxygen atoms in total. The van der Waals surface area contributed by atoms with Gasteiger partial charge in [0.2, 0.25) is 10.0 Å². The molecule has 0 aromatic heterocycles. The van der Waals surface area contributed by atoms with E-state index in [9.17, 15) is 13.2 Å². The molecule has 0 bridgehead atoms. The van der Waals surface area contributed by atoms with Crippen LogP contribution in [0.15, 0.2) is 24.3 Å². The van der Waals surface area contributed by atoms with E-state index in [0.717, 1.165) is 19.1 Å². The summed E-state index contributed by atoms with van der Waals surface area (Å²) in [5.74, 6) is 0.352. The van der Waals surface area contributed by atoms with E-state index >= 15 is 0 Å². The van der Waals surface area contributed by atoms with Crippen molar-refractivity contribution in [3.63, 3.8) is 0 Å². The number of hydrogen-bond acceptors (Lipinski definition) is 4. The summed E-state index contributed by atoms with van der Waals surface area (Å²) in [4.78, 5) is 12.0. The van der Waals surface area contributed by atoms with Crippen molar-refractivity contribution in [1.82, 2.24) is 5.32 Å². The fourth-order valence-electron chi connectivity index (χ4n) is 2.05. The fraction of sp³-hybridized carbons (Fsp3) is 0.562. The van der Waals surface area contributed by atoms with Gasteiger partial charge in [-0.25, -0.2) is 8.42 Å². The van der Waals surface area contributed by atoms with Crippen LogP contribution < -0.4 is 14.4 Å². The molecule has 0 saturated heterocycles. The number of sulfonamides is 1. The third kappa shape index (κ3) is 6.09. The molecule has 0 radical (unpaired) electrons. The largest absolute Gasteiger partial charge is 0.481 e. The van der Waals surface area contributed by atoms with E-state index in [1.54, 1.807) is 31.2 Å². The van der Waals surface area contributed by atoms with Crippen molar-refractivity contribution in [2.75, 3.05) is 17.6 Å². The van der Waals surface area contributed by atoms with E-state index in [4.69, 9.17) is 4.74 Å². The minimum Gasteiger partial charge on any atom is -0.481 e. The normalized spacial score (nSPS) is 14.0. The number of anilines is 1. The molecule has 1 N–H and O–H groups in total. The van der Waals surface area contributed by atoms with E-state index in [2.05, 4.69) is 12.2 Å². The van der Waals surface area contributed by atoms with Crippen molar-refractivity contribution >= 4 is 21.6 Å². The molecule has 0 aliphatic rings. The van der Waals surface area contributed by atoms with Crippen LogP contribution in [0.3, 0.4) is 0 Å². The number of hydrogen-bond donors (Lipinski definition) is 1. The summed E-state index contributed by atoms with van der Waals surface area (Å²) in [6.07, 6.45) is 2.45. The first-order chi connectivity index (χ1) is 10.6. The quantitative estimate of drug-likeness (QED) is 0.785. The first kappa shape index (κ1) is 19.3. The summed E-state index contributed by atoms with van der Waals surface area (Å²) in [6.45, 7) is 5.71. The van der Waals surface area contributed by atoms with Gasteiger partial charge >= 0.3 is 0 Å². The second kappa shape index (κ2) is 8.19. The van der Waals surface area contributed by atoms with Crippen LogP contribution in [0.4, 0.5) is 5.69 Å². The summed E-state index contributed by atoms with van der Waals surface area (Å²) in [6, 6.07) is 6.69. The Bertz CT molecular complexity index is 613. The Kier molecular flexibility index (Phi) is 6.87. The van der Waals surface area contributed by atoms with Gasteiger partial charge in [-0.3, -0.25) is 9.10 Å². The van der Waals surface area contributed by atoms with Crippen molar-refractivity contribution in [3.8, 4) is 5.75 Å².